The average Bonchev–Trinajstić information content (AvgIpc) is 2.36. The monoisotopic (exact) mass is 328 g/mol. The van der Waals surface area contributed by atoms with Gasteiger partial charge in [0.05, 0.1) is 10.0 Å². The van der Waals surface area contributed by atoms with Crippen LogP contribution >= 0.6 is 15.9 Å². The Kier molecular flexibility index (Phi) is 3.80. The Labute approximate surface area is 115 Å². The molecular weight excluding hydrogens is 322 g/mol. The highest BCUT2D eigenvalue weighted by Crippen LogP contribution is 2.31. The van der Waals surface area contributed by atoms with Crippen molar-refractivity contribution < 1.29 is 23.4 Å². The van der Waals surface area contributed by atoms with Gasteiger partial charge in [0, 0.05) is 6.07 Å². The fourth-order valence-corrected chi connectivity index (χ4v) is 1.72. The summed E-state index contributed by atoms with van der Waals surface area (Å²) in [6.45, 7) is 0. The topological polar surface area (TPSA) is 46.5 Å². The van der Waals surface area contributed by atoms with Crippen molar-refractivity contribution in [3.8, 4) is 11.5 Å². The van der Waals surface area contributed by atoms with E-state index in [1.54, 1.807) is 0 Å². The van der Waals surface area contributed by atoms with Gasteiger partial charge in [-0.15, -0.1) is 0 Å². The van der Waals surface area contributed by atoms with Gasteiger partial charge in [-0.25, -0.2) is 13.6 Å². The summed E-state index contributed by atoms with van der Waals surface area (Å²) in [5.41, 5.74) is -0.192. The van der Waals surface area contributed by atoms with E-state index in [1.807, 2.05) is 0 Å². The molecular formula is C13H7BrF2O3. The largest absolute Gasteiger partial charge is 0.478 e. The van der Waals surface area contributed by atoms with E-state index in [0.29, 0.717) is 4.47 Å². The number of ether oxygens (including phenoxy) is 1. The minimum absolute atomic E-state index is 0.0991. The number of rotatable bonds is 3. The molecule has 0 fully saturated rings. The van der Waals surface area contributed by atoms with Crippen LogP contribution in [0, 0.1) is 11.6 Å². The molecule has 2 aromatic rings. The molecule has 0 aromatic heterocycles. The van der Waals surface area contributed by atoms with Crippen molar-refractivity contribution in [3.63, 3.8) is 0 Å². The number of carboxylic acid groups (broad SMARTS) is 1. The van der Waals surface area contributed by atoms with Crippen LogP contribution in [0.25, 0.3) is 0 Å². The second-order valence-corrected chi connectivity index (χ2v) is 4.48. The second kappa shape index (κ2) is 5.36. The minimum atomic E-state index is -1.24. The maximum Gasteiger partial charge on any atom is 0.335 e. The van der Waals surface area contributed by atoms with Gasteiger partial charge in [-0.1, -0.05) is 0 Å². The molecule has 0 heterocycles. The van der Waals surface area contributed by atoms with E-state index in [2.05, 4.69) is 15.9 Å². The Morgan fingerprint density at radius 1 is 1.11 bits per heavy atom. The lowest BCUT2D eigenvalue weighted by molar-refractivity contribution is 0.0696. The smallest absolute Gasteiger partial charge is 0.335 e. The third kappa shape index (κ3) is 3.08. The number of hydrogen-bond donors (Lipinski definition) is 1. The van der Waals surface area contributed by atoms with Crippen LogP contribution in [0.2, 0.25) is 0 Å². The first kappa shape index (κ1) is 13.5. The lowest BCUT2D eigenvalue weighted by atomic mass is 10.2. The van der Waals surface area contributed by atoms with Crippen molar-refractivity contribution >= 4 is 21.9 Å². The molecule has 6 heteroatoms. The van der Waals surface area contributed by atoms with E-state index in [-0.39, 0.29) is 17.1 Å². The molecule has 0 spiro atoms. The molecule has 1 N–H and O–H groups in total. The first-order valence-electron chi connectivity index (χ1n) is 5.13. The SMILES string of the molecule is O=C(O)c1ccc(Oc2cc(F)ccc2Br)c(F)c1. The van der Waals surface area contributed by atoms with Gasteiger partial charge in [-0.2, -0.15) is 0 Å². The molecule has 3 nitrogen and oxygen atoms in total. The van der Waals surface area contributed by atoms with Crippen molar-refractivity contribution in [1.82, 2.24) is 0 Å². The zero-order valence-electron chi connectivity index (χ0n) is 9.36. The molecule has 2 aromatic carbocycles. The van der Waals surface area contributed by atoms with Crippen LogP contribution in [0.4, 0.5) is 8.78 Å². The van der Waals surface area contributed by atoms with Gasteiger partial charge in [0.25, 0.3) is 0 Å². The van der Waals surface area contributed by atoms with Crippen LogP contribution in [0.15, 0.2) is 40.9 Å². The Morgan fingerprint density at radius 2 is 1.84 bits per heavy atom. The van der Waals surface area contributed by atoms with Crippen molar-refractivity contribution in [2.75, 3.05) is 0 Å². The molecule has 0 amide bonds. The summed E-state index contributed by atoms with van der Waals surface area (Å²) in [4.78, 5) is 10.7. The molecule has 0 aliphatic heterocycles. The van der Waals surface area contributed by atoms with E-state index in [1.165, 1.54) is 24.3 Å². The summed E-state index contributed by atoms with van der Waals surface area (Å²) >= 11 is 3.14. The average molecular weight is 329 g/mol. The number of benzene rings is 2. The fraction of sp³-hybridized carbons (Fsp3) is 0. The summed E-state index contributed by atoms with van der Waals surface area (Å²) in [6, 6.07) is 6.96. The highest BCUT2D eigenvalue weighted by molar-refractivity contribution is 9.10. The molecule has 98 valence electrons. The van der Waals surface area contributed by atoms with E-state index >= 15 is 0 Å². The second-order valence-electron chi connectivity index (χ2n) is 3.63. The lowest BCUT2D eigenvalue weighted by Gasteiger charge is -2.09. The molecule has 19 heavy (non-hydrogen) atoms. The molecule has 0 unspecified atom stereocenters. The Balaban J connectivity index is 2.33. The quantitative estimate of drug-likeness (QED) is 0.917. The van der Waals surface area contributed by atoms with Crippen LogP contribution in [0.1, 0.15) is 10.4 Å². The Hall–Kier alpha value is -1.95. The number of carbonyl (C=O) groups is 1. The maximum absolute atomic E-state index is 13.6. The number of aromatic carboxylic acids is 1. The first-order valence-corrected chi connectivity index (χ1v) is 5.92. The minimum Gasteiger partial charge on any atom is -0.478 e. The lowest BCUT2D eigenvalue weighted by Crippen LogP contribution is -1.98. The third-order valence-corrected chi connectivity index (χ3v) is 2.95. The Bertz CT molecular complexity index is 644. The highest BCUT2D eigenvalue weighted by Gasteiger charge is 2.11. The maximum atomic E-state index is 13.6. The van der Waals surface area contributed by atoms with Crippen LogP contribution in [0.3, 0.4) is 0 Å². The van der Waals surface area contributed by atoms with Crippen LogP contribution < -0.4 is 4.74 Å². The molecule has 0 atom stereocenters. The molecule has 0 radical (unpaired) electrons. The summed E-state index contributed by atoms with van der Waals surface area (Å²) in [6.07, 6.45) is 0. The van der Waals surface area contributed by atoms with Gasteiger partial charge in [-0.05, 0) is 46.3 Å². The molecule has 0 bridgehead atoms. The van der Waals surface area contributed by atoms with Crippen molar-refractivity contribution in [3.05, 3.63) is 58.1 Å². The predicted molar refractivity (Wildman–Crippen MR) is 67.5 cm³/mol. The predicted octanol–water partition coefficient (Wildman–Crippen LogP) is 4.22. The number of carboxylic acids is 1. The van der Waals surface area contributed by atoms with Crippen LogP contribution in [-0.4, -0.2) is 11.1 Å². The fourth-order valence-electron chi connectivity index (χ4n) is 1.39. The zero-order valence-corrected chi connectivity index (χ0v) is 10.9. The number of hydrogen-bond acceptors (Lipinski definition) is 2. The zero-order chi connectivity index (χ0) is 14.0. The van der Waals surface area contributed by atoms with Crippen molar-refractivity contribution in [1.29, 1.82) is 0 Å². The molecule has 0 aliphatic carbocycles. The first-order chi connectivity index (χ1) is 8.97. The van der Waals surface area contributed by atoms with E-state index in [4.69, 9.17) is 9.84 Å². The third-order valence-electron chi connectivity index (χ3n) is 2.29. The molecule has 0 saturated heterocycles. The summed E-state index contributed by atoms with van der Waals surface area (Å²) < 4.78 is 32.3. The van der Waals surface area contributed by atoms with Crippen molar-refractivity contribution in [2.45, 2.75) is 0 Å². The summed E-state index contributed by atoms with van der Waals surface area (Å²) in [5, 5.41) is 8.71. The standard InChI is InChI=1S/C13H7BrF2O3/c14-9-3-2-8(15)6-12(9)19-11-4-1-7(13(17)18)5-10(11)16/h1-6H,(H,17,18). The van der Waals surface area contributed by atoms with Crippen LogP contribution in [0.5, 0.6) is 11.5 Å². The van der Waals surface area contributed by atoms with E-state index in [0.717, 1.165) is 12.1 Å². The van der Waals surface area contributed by atoms with Gasteiger partial charge in [0.1, 0.15) is 11.6 Å². The van der Waals surface area contributed by atoms with Gasteiger partial charge >= 0.3 is 5.97 Å². The van der Waals surface area contributed by atoms with Gasteiger partial charge in [0.15, 0.2) is 11.6 Å². The summed E-state index contributed by atoms with van der Waals surface area (Å²) in [5.74, 6) is -2.69. The van der Waals surface area contributed by atoms with E-state index < -0.39 is 17.6 Å². The van der Waals surface area contributed by atoms with E-state index in [9.17, 15) is 13.6 Å². The van der Waals surface area contributed by atoms with Gasteiger partial charge in [-0.3, -0.25) is 0 Å². The van der Waals surface area contributed by atoms with Gasteiger partial charge in [0.2, 0.25) is 0 Å². The molecule has 0 saturated carbocycles. The van der Waals surface area contributed by atoms with Crippen molar-refractivity contribution in [2.24, 2.45) is 0 Å². The molecule has 2 rings (SSSR count). The summed E-state index contributed by atoms with van der Waals surface area (Å²) in [7, 11) is 0. The van der Waals surface area contributed by atoms with Gasteiger partial charge < -0.3 is 9.84 Å². The normalized spacial score (nSPS) is 10.3. The van der Waals surface area contributed by atoms with Crippen LogP contribution in [-0.2, 0) is 0 Å². The Morgan fingerprint density at radius 3 is 2.47 bits per heavy atom. The number of halogens is 3. The molecule has 0 aliphatic rings. The highest BCUT2D eigenvalue weighted by atomic mass is 79.9.